The molecule has 0 aromatic heterocycles. The molecule has 0 aliphatic heterocycles. The van der Waals surface area contributed by atoms with Gasteiger partial charge in [0.15, 0.2) is 17.5 Å². The van der Waals surface area contributed by atoms with E-state index in [1.165, 1.54) is 50.7 Å². The van der Waals surface area contributed by atoms with Crippen LogP contribution in [0.2, 0.25) is 0 Å². The summed E-state index contributed by atoms with van der Waals surface area (Å²) in [5, 5.41) is 0. The van der Waals surface area contributed by atoms with Gasteiger partial charge in [0.2, 0.25) is 0 Å². The molecule has 160 valence electrons. The van der Waals surface area contributed by atoms with Gasteiger partial charge in [0.1, 0.15) is 5.75 Å². The standard InChI is InChI=1S/C23H27F5O/c1-2-3-4-5-6-7-8-9-10-17-11-13-18(14-12-17)23(27,28)29-19-15-20(24)22(26)21(25)16-19/h11-16H,2-10H2,1H3. The molecule has 0 spiro atoms. The number of hydrogen-bond acceptors (Lipinski definition) is 1. The van der Waals surface area contributed by atoms with E-state index in [9.17, 15) is 22.0 Å². The Kier molecular flexibility index (Phi) is 8.93. The molecule has 0 atom stereocenters. The van der Waals surface area contributed by atoms with E-state index >= 15 is 0 Å². The highest BCUT2D eigenvalue weighted by Crippen LogP contribution is 2.33. The summed E-state index contributed by atoms with van der Waals surface area (Å²) in [4.78, 5) is 0. The second-order valence-electron chi connectivity index (χ2n) is 7.24. The van der Waals surface area contributed by atoms with Crippen molar-refractivity contribution < 1.29 is 26.7 Å². The lowest BCUT2D eigenvalue weighted by Crippen LogP contribution is -2.22. The molecule has 0 unspecified atom stereocenters. The molecule has 2 aromatic carbocycles. The molecule has 6 heteroatoms. The first-order valence-electron chi connectivity index (χ1n) is 10.1. The van der Waals surface area contributed by atoms with E-state index in [4.69, 9.17) is 0 Å². The lowest BCUT2D eigenvalue weighted by molar-refractivity contribution is -0.185. The highest BCUT2D eigenvalue weighted by Gasteiger charge is 2.35. The Morgan fingerprint density at radius 1 is 0.759 bits per heavy atom. The first kappa shape index (κ1) is 23.2. The van der Waals surface area contributed by atoms with Gasteiger partial charge in [0, 0.05) is 12.1 Å². The van der Waals surface area contributed by atoms with Crippen molar-refractivity contribution in [2.24, 2.45) is 0 Å². The Hall–Kier alpha value is -2.11. The number of unbranched alkanes of at least 4 members (excludes halogenated alkanes) is 7. The average Bonchev–Trinajstić information content (AvgIpc) is 2.68. The zero-order valence-corrected chi connectivity index (χ0v) is 16.6. The van der Waals surface area contributed by atoms with Crippen molar-refractivity contribution in [1.82, 2.24) is 0 Å². The van der Waals surface area contributed by atoms with Gasteiger partial charge in [-0.3, -0.25) is 0 Å². The van der Waals surface area contributed by atoms with E-state index in [-0.39, 0.29) is 0 Å². The fourth-order valence-corrected chi connectivity index (χ4v) is 3.13. The van der Waals surface area contributed by atoms with Crippen LogP contribution in [0.4, 0.5) is 22.0 Å². The minimum atomic E-state index is -3.80. The van der Waals surface area contributed by atoms with E-state index in [0.717, 1.165) is 24.8 Å². The van der Waals surface area contributed by atoms with Crippen LogP contribution in [-0.4, -0.2) is 0 Å². The average molecular weight is 414 g/mol. The molecule has 2 rings (SSSR count). The molecule has 0 fully saturated rings. The number of aryl methyl sites for hydroxylation is 1. The summed E-state index contributed by atoms with van der Waals surface area (Å²) in [6.07, 6.45) is 6.58. The fraction of sp³-hybridized carbons (Fsp3) is 0.478. The van der Waals surface area contributed by atoms with Crippen LogP contribution in [0, 0.1) is 17.5 Å². The molecule has 0 radical (unpaired) electrons. The van der Waals surface area contributed by atoms with E-state index in [1.54, 1.807) is 12.1 Å². The number of hydrogen-bond donors (Lipinski definition) is 0. The number of benzene rings is 2. The van der Waals surface area contributed by atoms with Gasteiger partial charge in [-0.2, -0.15) is 8.78 Å². The maximum atomic E-state index is 14.3. The quantitative estimate of drug-likeness (QED) is 0.195. The van der Waals surface area contributed by atoms with Gasteiger partial charge in [-0.1, -0.05) is 64.0 Å². The van der Waals surface area contributed by atoms with Crippen molar-refractivity contribution in [3.05, 3.63) is 65.0 Å². The van der Waals surface area contributed by atoms with Crippen LogP contribution < -0.4 is 4.74 Å². The van der Waals surface area contributed by atoms with Crippen molar-refractivity contribution in [2.75, 3.05) is 0 Å². The molecule has 0 aliphatic rings. The number of halogens is 5. The highest BCUT2D eigenvalue weighted by atomic mass is 19.3. The Morgan fingerprint density at radius 2 is 1.28 bits per heavy atom. The molecule has 0 bridgehead atoms. The molecule has 29 heavy (non-hydrogen) atoms. The van der Waals surface area contributed by atoms with Crippen molar-refractivity contribution in [2.45, 2.75) is 70.8 Å². The summed E-state index contributed by atoms with van der Waals surface area (Å²) in [6.45, 7) is 2.19. The van der Waals surface area contributed by atoms with Gasteiger partial charge >= 0.3 is 6.11 Å². The SMILES string of the molecule is CCCCCCCCCCc1ccc(C(F)(F)Oc2cc(F)c(F)c(F)c2)cc1. The summed E-state index contributed by atoms with van der Waals surface area (Å²) < 4.78 is 72.2. The molecule has 0 heterocycles. The molecule has 0 N–H and O–H groups in total. The monoisotopic (exact) mass is 414 g/mol. The number of alkyl halides is 2. The zero-order valence-electron chi connectivity index (χ0n) is 16.6. The summed E-state index contributed by atoms with van der Waals surface area (Å²) in [5.74, 6) is -5.69. The lowest BCUT2D eigenvalue weighted by Gasteiger charge is -2.18. The molecular weight excluding hydrogens is 387 g/mol. The smallest absolute Gasteiger partial charge is 0.426 e. The predicted molar refractivity (Wildman–Crippen MR) is 104 cm³/mol. The Bertz CT molecular complexity index is 735. The normalized spacial score (nSPS) is 11.7. The topological polar surface area (TPSA) is 9.23 Å². The van der Waals surface area contributed by atoms with Crippen molar-refractivity contribution in [3.63, 3.8) is 0 Å². The van der Waals surface area contributed by atoms with Crippen LogP contribution in [-0.2, 0) is 12.5 Å². The molecular formula is C23H27F5O. The van der Waals surface area contributed by atoms with Gasteiger partial charge < -0.3 is 4.74 Å². The van der Waals surface area contributed by atoms with Crippen LogP contribution in [0.25, 0.3) is 0 Å². The van der Waals surface area contributed by atoms with Crippen LogP contribution >= 0.6 is 0 Å². The lowest BCUT2D eigenvalue weighted by atomic mass is 10.0. The van der Waals surface area contributed by atoms with Gasteiger partial charge in [0.05, 0.1) is 5.56 Å². The minimum Gasteiger partial charge on any atom is -0.429 e. The number of ether oxygens (including phenoxy) is 1. The minimum absolute atomic E-state index is 0.392. The Balaban J connectivity index is 1.83. The largest absolute Gasteiger partial charge is 0.429 e. The summed E-state index contributed by atoms with van der Waals surface area (Å²) >= 11 is 0. The zero-order chi connectivity index (χ0) is 21.3. The molecule has 0 aliphatic carbocycles. The van der Waals surface area contributed by atoms with Crippen molar-refractivity contribution in [1.29, 1.82) is 0 Å². The fourth-order valence-electron chi connectivity index (χ4n) is 3.13. The summed E-state index contributed by atoms with van der Waals surface area (Å²) in [5.41, 5.74) is 0.497. The third-order valence-corrected chi connectivity index (χ3v) is 4.81. The van der Waals surface area contributed by atoms with E-state index < -0.39 is 34.9 Å². The van der Waals surface area contributed by atoms with Gasteiger partial charge in [-0.25, -0.2) is 13.2 Å². The van der Waals surface area contributed by atoms with Crippen LogP contribution in [0.3, 0.4) is 0 Å². The van der Waals surface area contributed by atoms with Crippen LogP contribution in [0.15, 0.2) is 36.4 Å². The highest BCUT2D eigenvalue weighted by molar-refractivity contribution is 5.29. The Labute approximate surface area is 168 Å². The van der Waals surface area contributed by atoms with Gasteiger partial charge in [-0.05, 0) is 30.5 Å². The summed E-state index contributed by atoms with van der Waals surface area (Å²) in [6, 6.07) is 6.44. The van der Waals surface area contributed by atoms with E-state index in [1.807, 2.05) is 0 Å². The van der Waals surface area contributed by atoms with E-state index in [0.29, 0.717) is 12.1 Å². The first-order chi connectivity index (χ1) is 13.8. The molecule has 1 nitrogen and oxygen atoms in total. The molecule has 0 saturated heterocycles. The van der Waals surface area contributed by atoms with Crippen molar-refractivity contribution in [3.8, 4) is 5.75 Å². The maximum absolute atomic E-state index is 14.3. The second kappa shape index (κ2) is 11.2. The Morgan fingerprint density at radius 3 is 1.83 bits per heavy atom. The maximum Gasteiger partial charge on any atom is 0.426 e. The molecule has 0 saturated carbocycles. The molecule has 0 amide bonds. The first-order valence-corrected chi connectivity index (χ1v) is 10.1. The van der Waals surface area contributed by atoms with E-state index in [2.05, 4.69) is 11.7 Å². The van der Waals surface area contributed by atoms with Gasteiger partial charge in [0.25, 0.3) is 0 Å². The molecule has 2 aromatic rings. The third kappa shape index (κ3) is 7.33. The predicted octanol–water partition coefficient (Wildman–Crippen LogP) is 7.92. The van der Waals surface area contributed by atoms with Gasteiger partial charge in [-0.15, -0.1) is 0 Å². The summed E-state index contributed by atoms with van der Waals surface area (Å²) in [7, 11) is 0. The van der Waals surface area contributed by atoms with Crippen LogP contribution in [0.1, 0.15) is 69.4 Å². The second-order valence-corrected chi connectivity index (χ2v) is 7.24. The number of rotatable bonds is 12. The van der Waals surface area contributed by atoms with Crippen LogP contribution in [0.5, 0.6) is 5.75 Å². The van der Waals surface area contributed by atoms with Crippen molar-refractivity contribution >= 4 is 0 Å². The third-order valence-electron chi connectivity index (χ3n) is 4.81.